The zero-order valence-electron chi connectivity index (χ0n) is 11.6. The molecule has 0 unspecified atom stereocenters. The molecule has 90 valence electrons. The van der Waals surface area contributed by atoms with Crippen LogP contribution in [0.4, 0.5) is 0 Å². The second kappa shape index (κ2) is 3.85. The lowest BCUT2D eigenvalue weighted by atomic mass is 10.2. The molecule has 3 heteroatoms. The number of fused-ring (bicyclic) bond motifs is 1. The van der Waals surface area contributed by atoms with Crippen LogP contribution in [0.5, 0.6) is 0 Å². The second-order valence-corrected chi connectivity index (χ2v) is 16.6. The number of benzene rings is 1. The first-order chi connectivity index (χ1) is 7.71. The summed E-state index contributed by atoms with van der Waals surface area (Å²) >= 11 is 0. The van der Waals surface area contributed by atoms with Crippen molar-refractivity contribution in [2.75, 3.05) is 0 Å². The third-order valence-corrected chi connectivity index (χ3v) is 6.33. The van der Waals surface area contributed by atoms with E-state index >= 15 is 0 Å². The van der Waals surface area contributed by atoms with Crippen molar-refractivity contribution in [3.63, 3.8) is 0 Å². The Morgan fingerprint density at radius 3 is 1.41 bits per heavy atom. The Bertz CT molecular complexity index is 493. The van der Waals surface area contributed by atoms with E-state index in [0.717, 1.165) is 0 Å². The van der Waals surface area contributed by atoms with Gasteiger partial charge in [-0.05, 0) is 24.3 Å². The number of furan rings is 1. The molecule has 0 fully saturated rings. The van der Waals surface area contributed by atoms with Gasteiger partial charge < -0.3 is 4.42 Å². The average Bonchev–Trinajstić information content (AvgIpc) is 2.55. The van der Waals surface area contributed by atoms with E-state index in [1.807, 2.05) is 12.1 Å². The maximum Gasteiger partial charge on any atom is 0.124 e. The van der Waals surface area contributed by atoms with Crippen LogP contribution < -0.4 is 10.8 Å². The van der Waals surface area contributed by atoms with Crippen molar-refractivity contribution >= 4 is 37.7 Å². The van der Waals surface area contributed by atoms with Gasteiger partial charge in [0.25, 0.3) is 0 Å². The zero-order chi connectivity index (χ0) is 12.8. The Morgan fingerprint density at radius 2 is 1.12 bits per heavy atom. The van der Waals surface area contributed by atoms with E-state index in [1.165, 1.54) is 21.5 Å². The molecule has 0 bridgehead atoms. The van der Waals surface area contributed by atoms with Gasteiger partial charge in [-0.3, -0.25) is 0 Å². The molecule has 0 amide bonds. The van der Waals surface area contributed by atoms with Gasteiger partial charge in [-0.2, -0.15) is 0 Å². The van der Waals surface area contributed by atoms with Crippen molar-refractivity contribution in [2.24, 2.45) is 0 Å². The van der Waals surface area contributed by atoms with Crippen LogP contribution in [0.15, 0.2) is 16.5 Å². The molecule has 0 saturated heterocycles. The summed E-state index contributed by atoms with van der Waals surface area (Å²) in [6.07, 6.45) is 0. The molecule has 2 rings (SSSR count). The van der Waals surface area contributed by atoms with Crippen LogP contribution in [0, 0.1) is 12.1 Å². The van der Waals surface area contributed by atoms with Crippen molar-refractivity contribution < 1.29 is 4.42 Å². The van der Waals surface area contributed by atoms with Crippen LogP contribution >= 0.6 is 0 Å². The van der Waals surface area contributed by atoms with Crippen molar-refractivity contribution in [2.45, 2.75) is 39.3 Å². The summed E-state index contributed by atoms with van der Waals surface area (Å²) in [7, 11) is -2.87. The summed E-state index contributed by atoms with van der Waals surface area (Å²) in [5.74, 6) is 0. The molecule has 2 radical (unpaired) electrons. The third kappa shape index (κ3) is 2.26. The van der Waals surface area contributed by atoms with Gasteiger partial charge in [-0.1, -0.05) is 39.3 Å². The fourth-order valence-electron chi connectivity index (χ4n) is 2.09. The Hall–Kier alpha value is -0.806. The summed E-state index contributed by atoms with van der Waals surface area (Å²) in [5, 5.41) is 4.96. The Labute approximate surface area is 106 Å². The van der Waals surface area contributed by atoms with E-state index in [-0.39, 0.29) is 0 Å². The highest BCUT2D eigenvalue weighted by Crippen LogP contribution is 2.19. The van der Waals surface area contributed by atoms with Crippen molar-refractivity contribution in [3.05, 3.63) is 24.3 Å². The van der Waals surface area contributed by atoms with Crippen LogP contribution in [0.1, 0.15) is 0 Å². The first-order valence-electron chi connectivity index (χ1n) is 6.06. The van der Waals surface area contributed by atoms with E-state index in [4.69, 9.17) is 4.42 Å². The highest BCUT2D eigenvalue weighted by Gasteiger charge is 2.30. The molecule has 0 N–H and O–H groups in total. The molecule has 0 aliphatic rings. The van der Waals surface area contributed by atoms with Gasteiger partial charge in [0, 0.05) is 10.8 Å². The molecule has 1 aromatic carbocycles. The highest BCUT2D eigenvalue weighted by molar-refractivity contribution is 6.92. The van der Waals surface area contributed by atoms with Crippen molar-refractivity contribution in [3.8, 4) is 0 Å². The molecule has 1 aromatic heterocycles. The molecule has 1 heterocycles. The van der Waals surface area contributed by atoms with Crippen LogP contribution in [-0.2, 0) is 0 Å². The third-order valence-electron chi connectivity index (χ3n) is 2.86. The van der Waals surface area contributed by atoms with E-state index in [9.17, 15) is 0 Å². The predicted octanol–water partition coefficient (Wildman–Crippen LogP) is 3.12. The maximum atomic E-state index is 6.28. The van der Waals surface area contributed by atoms with Gasteiger partial charge in [-0.15, -0.1) is 0 Å². The fourth-order valence-corrected chi connectivity index (χ4v) is 5.03. The quantitative estimate of drug-likeness (QED) is 0.756. The summed E-state index contributed by atoms with van der Waals surface area (Å²) in [5.41, 5.74) is 0. The van der Waals surface area contributed by atoms with Gasteiger partial charge in [0.05, 0.1) is 10.8 Å². The topological polar surface area (TPSA) is 13.1 Å². The molecule has 0 aliphatic heterocycles. The van der Waals surface area contributed by atoms with E-state index in [0.29, 0.717) is 0 Å². The summed E-state index contributed by atoms with van der Waals surface area (Å²) < 4.78 is 6.28. The summed E-state index contributed by atoms with van der Waals surface area (Å²) in [6.45, 7) is 14.0. The molecular weight excluding hydrogens is 240 g/mol. The van der Waals surface area contributed by atoms with Crippen molar-refractivity contribution in [1.29, 1.82) is 0 Å². The van der Waals surface area contributed by atoms with Crippen LogP contribution in [0.2, 0.25) is 39.3 Å². The summed E-state index contributed by atoms with van der Waals surface area (Å²) in [4.78, 5) is 0. The van der Waals surface area contributed by atoms with Gasteiger partial charge >= 0.3 is 0 Å². The van der Waals surface area contributed by atoms with Gasteiger partial charge in [0.1, 0.15) is 16.1 Å². The first kappa shape index (κ1) is 12.6. The van der Waals surface area contributed by atoms with E-state index in [1.54, 1.807) is 0 Å². The standard InChI is InChI=1S/C14H20OSi2/c1-16(2,3)13-11-9-7-8-10-12(11)14(15-13)17(4,5)6/h9-10H,1-6H3. The Balaban J connectivity index is 2.81. The molecule has 2 aromatic rings. The monoisotopic (exact) mass is 260 g/mol. The predicted molar refractivity (Wildman–Crippen MR) is 79.8 cm³/mol. The second-order valence-electron chi connectivity index (χ2n) is 6.67. The maximum absolute atomic E-state index is 6.28. The number of rotatable bonds is 2. The zero-order valence-corrected chi connectivity index (χ0v) is 13.6. The van der Waals surface area contributed by atoms with E-state index < -0.39 is 16.1 Å². The lowest BCUT2D eigenvalue weighted by Gasteiger charge is -2.15. The van der Waals surface area contributed by atoms with Crippen LogP contribution in [0.25, 0.3) is 10.8 Å². The molecule has 0 spiro atoms. The fraction of sp³-hybridized carbons (Fsp3) is 0.429. The summed E-state index contributed by atoms with van der Waals surface area (Å²) in [6, 6.07) is 10.2. The number of hydrogen-bond donors (Lipinski definition) is 0. The van der Waals surface area contributed by atoms with Crippen molar-refractivity contribution in [1.82, 2.24) is 0 Å². The normalized spacial score (nSPS) is 13.3. The average molecular weight is 260 g/mol. The molecule has 0 atom stereocenters. The lowest BCUT2D eigenvalue weighted by Crippen LogP contribution is -2.40. The molecule has 0 saturated carbocycles. The molecule has 17 heavy (non-hydrogen) atoms. The van der Waals surface area contributed by atoms with Crippen LogP contribution in [0.3, 0.4) is 0 Å². The Kier molecular flexibility index (Phi) is 2.86. The molecule has 1 nitrogen and oxygen atoms in total. The highest BCUT2D eigenvalue weighted by atomic mass is 28.3. The minimum atomic E-state index is -1.43. The largest absolute Gasteiger partial charge is 0.475 e. The minimum Gasteiger partial charge on any atom is -0.475 e. The van der Waals surface area contributed by atoms with Crippen LogP contribution in [-0.4, -0.2) is 16.1 Å². The van der Waals surface area contributed by atoms with E-state index in [2.05, 4.69) is 51.4 Å². The van der Waals surface area contributed by atoms with Gasteiger partial charge in [0.15, 0.2) is 0 Å². The smallest absolute Gasteiger partial charge is 0.124 e. The number of hydrogen-bond acceptors (Lipinski definition) is 1. The SMILES string of the molecule is C[Si](C)(C)c1oc([Si](C)(C)C)c2c[c][c]cc12. The Morgan fingerprint density at radius 1 is 0.765 bits per heavy atom. The first-order valence-corrected chi connectivity index (χ1v) is 13.1. The molecular formula is C14H20OSi2. The lowest BCUT2D eigenvalue weighted by molar-refractivity contribution is 0.633. The van der Waals surface area contributed by atoms with Gasteiger partial charge in [0.2, 0.25) is 0 Å². The minimum absolute atomic E-state index is 1.22. The molecule has 0 aliphatic carbocycles. The van der Waals surface area contributed by atoms with Gasteiger partial charge in [-0.25, -0.2) is 0 Å².